The average molecular weight is 279 g/mol. The molecule has 0 aliphatic carbocycles. The SMILES string of the molecule is CC(C)CC(NC(=O)NC(C)c1cccnc1)C(=O)O. The lowest BCUT2D eigenvalue weighted by atomic mass is 10.0. The van der Waals surface area contributed by atoms with Crippen molar-refractivity contribution in [1.82, 2.24) is 15.6 Å². The molecule has 0 saturated heterocycles. The number of aromatic nitrogens is 1. The van der Waals surface area contributed by atoms with E-state index in [4.69, 9.17) is 5.11 Å². The van der Waals surface area contributed by atoms with Crippen molar-refractivity contribution in [1.29, 1.82) is 0 Å². The lowest BCUT2D eigenvalue weighted by molar-refractivity contribution is -0.139. The molecule has 2 amide bonds. The quantitative estimate of drug-likeness (QED) is 0.742. The number of hydrogen-bond donors (Lipinski definition) is 3. The summed E-state index contributed by atoms with van der Waals surface area (Å²) in [5.41, 5.74) is 0.860. The Morgan fingerprint density at radius 2 is 2.00 bits per heavy atom. The van der Waals surface area contributed by atoms with Crippen LogP contribution in [0.1, 0.15) is 38.8 Å². The van der Waals surface area contributed by atoms with Crippen LogP contribution in [0.4, 0.5) is 4.79 Å². The van der Waals surface area contributed by atoms with Gasteiger partial charge in [-0.25, -0.2) is 9.59 Å². The largest absolute Gasteiger partial charge is 0.480 e. The highest BCUT2D eigenvalue weighted by atomic mass is 16.4. The predicted octanol–water partition coefficient (Wildman–Crippen LogP) is 1.94. The summed E-state index contributed by atoms with van der Waals surface area (Å²) < 4.78 is 0. The predicted molar refractivity (Wildman–Crippen MR) is 75.2 cm³/mol. The summed E-state index contributed by atoms with van der Waals surface area (Å²) in [6, 6.07) is 2.02. The van der Waals surface area contributed by atoms with Crippen LogP contribution in [-0.4, -0.2) is 28.1 Å². The molecule has 110 valence electrons. The van der Waals surface area contributed by atoms with E-state index in [0.717, 1.165) is 5.56 Å². The summed E-state index contributed by atoms with van der Waals surface area (Å²) in [7, 11) is 0. The van der Waals surface area contributed by atoms with E-state index in [2.05, 4.69) is 15.6 Å². The maximum atomic E-state index is 11.8. The van der Waals surface area contributed by atoms with Crippen LogP contribution in [0.3, 0.4) is 0 Å². The molecule has 1 aromatic rings. The van der Waals surface area contributed by atoms with Crippen LogP contribution in [0.2, 0.25) is 0 Å². The van der Waals surface area contributed by atoms with E-state index in [1.807, 2.05) is 26.8 Å². The number of urea groups is 1. The Labute approximate surface area is 118 Å². The lowest BCUT2D eigenvalue weighted by Crippen LogP contribution is -2.47. The van der Waals surface area contributed by atoms with E-state index in [0.29, 0.717) is 6.42 Å². The van der Waals surface area contributed by atoms with E-state index >= 15 is 0 Å². The van der Waals surface area contributed by atoms with Crippen molar-refractivity contribution < 1.29 is 14.7 Å². The number of rotatable bonds is 6. The molecule has 1 rings (SSSR count). The van der Waals surface area contributed by atoms with Crippen molar-refractivity contribution in [2.24, 2.45) is 5.92 Å². The highest BCUT2D eigenvalue weighted by Gasteiger charge is 2.21. The fourth-order valence-electron chi connectivity index (χ4n) is 1.80. The third-order valence-corrected chi connectivity index (χ3v) is 2.84. The van der Waals surface area contributed by atoms with E-state index in [1.54, 1.807) is 18.5 Å². The number of hydrogen-bond acceptors (Lipinski definition) is 3. The molecule has 6 nitrogen and oxygen atoms in total. The third kappa shape index (κ3) is 5.26. The molecule has 1 aromatic heterocycles. The second-order valence-corrected chi connectivity index (χ2v) is 5.15. The monoisotopic (exact) mass is 279 g/mol. The fourth-order valence-corrected chi connectivity index (χ4v) is 1.80. The van der Waals surface area contributed by atoms with Gasteiger partial charge in [0, 0.05) is 12.4 Å². The molecule has 0 spiro atoms. The van der Waals surface area contributed by atoms with Crippen molar-refractivity contribution in [3.63, 3.8) is 0 Å². The molecule has 6 heteroatoms. The number of amides is 2. The number of carboxylic acids is 1. The molecule has 0 saturated carbocycles. The minimum atomic E-state index is -1.03. The van der Waals surface area contributed by atoms with Crippen LogP contribution in [0, 0.1) is 5.92 Å². The number of nitrogens with one attached hydrogen (secondary N) is 2. The standard InChI is InChI=1S/C14H21N3O3/c1-9(2)7-12(13(18)19)17-14(20)16-10(3)11-5-4-6-15-8-11/h4-6,8-10,12H,7H2,1-3H3,(H,18,19)(H2,16,17,20). The molecule has 2 unspecified atom stereocenters. The minimum Gasteiger partial charge on any atom is -0.480 e. The number of carbonyl (C=O) groups excluding carboxylic acids is 1. The summed E-state index contributed by atoms with van der Waals surface area (Å²) in [6.07, 6.45) is 3.71. The van der Waals surface area contributed by atoms with Crippen molar-refractivity contribution in [3.8, 4) is 0 Å². The summed E-state index contributed by atoms with van der Waals surface area (Å²) >= 11 is 0. The van der Waals surface area contributed by atoms with E-state index in [1.165, 1.54) is 0 Å². The smallest absolute Gasteiger partial charge is 0.326 e. The van der Waals surface area contributed by atoms with Gasteiger partial charge in [0.2, 0.25) is 0 Å². The lowest BCUT2D eigenvalue weighted by Gasteiger charge is -2.19. The minimum absolute atomic E-state index is 0.187. The summed E-state index contributed by atoms with van der Waals surface area (Å²) in [5.74, 6) is -0.838. The number of carboxylic acid groups (broad SMARTS) is 1. The molecule has 0 aromatic carbocycles. The molecule has 0 aliphatic rings. The zero-order valence-electron chi connectivity index (χ0n) is 12.0. The summed E-state index contributed by atoms with van der Waals surface area (Å²) in [5, 5.41) is 14.2. The van der Waals surface area contributed by atoms with Gasteiger partial charge in [-0.3, -0.25) is 4.98 Å². The van der Waals surface area contributed by atoms with E-state index < -0.39 is 18.0 Å². The molecule has 1 heterocycles. The zero-order chi connectivity index (χ0) is 15.1. The van der Waals surface area contributed by atoms with Crippen molar-refractivity contribution in [2.45, 2.75) is 39.3 Å². The van der Waals surface area contributed by atoms with Crippen LogP contribution in [0.25, 0.3) is 0 Å². The van der Waals surface area contributed by atoms with Crippen molar-refractivity contribution in [3.05, 3.63) is 30.1 Å². The van der Waals surface area contributed by atoms with Crippen LogP contribution < -0.4 is 10.6 Å². The Balaban J connectivity index is 2.55. The second kappa shape index (κ2) is 7.47. The molecule has 0 bridgehead atoms. The van der Waals surface area contributed by atoms with Crippen LogP contribution in [0.5, 0.6) is 0 Å². The summed E-state index contributed by atoms with van der Waals surface area (Å²) in [4.78, 5) is 26.9. The first-order chi connectivity index (χ1) is 9.40. The van der Waals surface area contributed by atoms with Gasteiger partial charge in [-0.15, -0.1) is 0 Å². The van der Waals surface area contributed by atoms with Gasteiger partial charge in [0.1, 0.15) is 6.04 Å². The van der Waals surface area contributed by atoms with Gasteiger partial charge in [-0.1, -0.05) is 19.9 Å². The first-order valence-electron chi connectivity index (χ1n) is 6.60. The molecule has 0 radical (unpaired) electrons. The topological polar surface area (TPSA) is 91.3 Å². The molecule has 20 heavy (non-hydrogen) atoms. The molecule has 3 N–H and O–H groups in total. The van der Waals surface area contributed by atoms with Gasteiger partial charge in [-0.2, -0.15) is 0 Å². The van der Waals surface area contributed by atoms with Crippen LogP contribution >= 0.6 is 0 Å². The Hall–Kier alpha value is -2.11. The highest BCUT2D eigenvalue weighted by molar-refractivity contribution is 5.82. The second-order valence-electron chi connectivity index (χ2n) is 5.15. The first-order valence-corrected chi connectivity index (χ1v) is 6.60. The Bertz CT molecular complexity index is 448. The molecular formula is C14H21N3O3. The van der Waals surface area contributed by atoms with Gasteiger partial charge >= 0.3 is 12.0 Å². The Kier molecular flexibility index (Phi) is 5.96. The first kappa shape index (κ1) is 15.9. The van der Waals surface area contributed by atoms with Gasteiger partial charge in [0.05, 0.1) is 6.04 Å². The van der Waals surface area contributed by atoms with Gasteiger partial charge in [-0.05, 0) is 30.9 Å². The molecule has 0 aliphatic heterocycles. The maximum absolute atomic E-state index is 11.8. The molecule has 0 fully saturated rings. The number of carbonyl (C=O) groups is 2. The van der Waals surface area contributed by atoms with Crippen LogP contribution in [-0.2, 0) is 4.79 Å². The highest BCUT2D eigenvalue weighted by Crippen LogP contribution is 2.10. The average Bonchev–Trinajstić information content (AvgIpc) is 2.38. The third-order valence-electron chi connectivity index (χ3n) is 2.84. The number of aliphatic carboxylic acids is 1. The van der Waals surface area contributed by atoms with Gasteiger partial charge in [0.15, 0.2) is 0 Å². The molecular weight excluding hydrogens is 258 g/mol. The van der Waals surface area contributed by atoms with Gasteiger partial charge in [0.25, 0.3) is 0 Å². The Morgan fingerprint density at radius 3 is 2.50 bits per heavy atom. The van der Waals surface area contributed by atoms with Crippen molar-refractivity contribution >= 4 is 12.0 Å². The van der Waals surface area contributed by atoms with Crippen LogP contribution in [0.15, 0.2) is 24.5 Å². The zero-order valence-corrected chi connectivity index (χ0v) is 12.0. The fraction of sp³-hybridized carbons (Fsp3) is 0.500. The van der Waals surface area contributed by atoms with E-state index in [9.17, 15) is 9.59 Å². The normalized spacial score (nSPS) is 13.6. The number of pyridine rings is 1. The van der Waals surface area contributed by atoms with E-state index in [-0.39, 0.29) is 12.0 Å². The molecule has 2 atom stereocenters. The Morgan fingerprint density at radius 1 is 1.30 bits per heavy atom. The van der Waals surface area contributed by atoms with Gasteiger partial charge < -0.3 is 15.7 Å². The maximum Gasteiger partial charge on any atom is 0.326 e. The summed E-state index contributed by atoms with van der Waals surface area (Å²) in [6.45, 7) is 5.64. The number of nitrogens with zero attached hydrogens (tertiary/aromatic N) is 1. The van der Waals surface area contributed by atoms with Crippen molar-refractivity contribution in [2.75, 3.05) is 0 Å².